The number of nitrogens with zero attached hydrogens (tertiary/aromatic N) is 2. The van der Waals surface area contributed by atoms with Crippen molar-refractivity contribution >= 4 is 21.7 Å². The summed E-state index contributed by atoms with van der Waals surface area (Å²) >= 11 is 3.30. The zero-order valence-corrected chi connectivity index (χ0v) is 12.9. The van der Waals surface area contributed by atoms with Gasteiger partial charge in [0.1, 0.15) is 0 Å². The topological polar surface area (TPSA) is 34.9 Å². The second-order valence-electron chi connectivity index (χ2n) is 4.61. The first-order valence-electron chi connectivity index (χ1n) is 6.09. The Morgan fingerprint density at radius 3 is 2.48 bits per heavy atom. The van der Waals surface area contributed by atoms with E-state index < -0.39 is 17.5 Å². The van der Waals surface area contributed by atoms with E-state index in [0.717, 1.165) is 6.07 Å². The molecular weight excluding hydrogens is 349 g/mol. The van der Waals surface area contributed by atoms with Crippen LogP contribution in [-0.4, -0.2) is 15.6 Å². The van der Waals surface area contributed by atoms with Gasteiger partial charge in [-0.05, 0) is 28.9 Å². The Kier molecular flexibility index (Phi) is 4.22. The van der Waals surface area contributed by atoms with Gasteiger partial charge in [0.25, 0.3) is 0 Å². The third-order valence-corrected chi connectivity index (χ3v) is 4.15. The highest BCUT2D eigenvalue weighted by Gasteiger charge is 2.34. The van der Waals surface area contributed by atoms with Crippen LogP contribution < -0.4 is 0 Å². The molecule has 1 aromatic carbocycles. The molecule has 0 amide bonds. The van der Waals surface area contributed by atoms with E-state index in [1.54, 1.807) is 14.0 Å². The Balaban J connectivity index is 2.38. The highest BCUT2D eigenvalue weighted by Crippen LogP contribution is 2.32. The quantitative estimate of drug-likeness (QED) is 0.777. The first-order valence-corrected chi connectivity index (χ1v) is 6.88. The summed E-state index contributed by atoms with van der Waals surface area (Å²) in [6.45, 7) is 1.75. The van der Waals surface area contributed by atoms with Gasteiger partial charge in [0.05, 0.1) is 27.8 Å². The van der Waals surface area contributed by atoms with Gasteiger partial charge in [-0.1, -0.05) is 18.2 Å². The lowest BCUT2D eigenvalue weighted by molar-refractivity contribution is -0.137. The number of ketones is 1. The lowest BCUT2D eigenvalue weighted by Crippen LogP contribution is -2.15. The Hall–Kier alpha value is -1.63. The number of carbonyl (C=O) groups excluding carboxylic acids is 1. The molecule has 7 heteroatoms. The summed E-state index contributed by atoms with van der Waals surface area (Å²) in [5.74, 6) is -0.591. The Morgan fingerprint density at radius 1 is 1.33 bits per heavy atom. The van der Waals surface area contributed by atoms with Crippen LogP contribution in [0.15, 0.2) is 28.7 Å². The van der Waals surface area contributed by atoms with E-state index >= 15 is 0 Å². The fraction of sp³-hybridized carbons (Fsp3) is 0.286. The lowest BCUT2D eigenvalue weighted by Gasteiger charge is -2.12. The summed E-state index contributed by atoms with van der Waals surface area (Å²) in [6.07, 6.45) is -4.70. The van der Waals surface area contributed by atoms with E-state index in [4.69, 9.17) is 0 Å². The normalized spacial score (nSPS) is 11.7. The third kappa shape index (κ3) is 3.18. The van der Waals surface area contributed by atoms with Crippen LogP contribution in [0.1, 0.15) is 27.3 Å². The second-order valence-corrected chi connectivity index (χ2v) is 5.41. The minimum Gasteiger partial charge on any atom is -0.294 e. The van der Waals surface area contributed by atoms with E-state index in [9.17, 15) is 18.0 Å². The SMILES string of the molecule is Cc1nn(C)c(CC(=O)c2ccccc2C(F)(F)F)c1Br. The van der Waals surface area contributed by atoms with Crippen LogP contribution in [0.2, 0.25) is 0 Å². The molecule has 0 aliphatic carbocycles. The highest BCUT2D eigenvalue weighted by molar-refractivity contribution is 9.10. The molecule has 112 valence electrons. The van der Waals surface area contributed by atoms with E-state index in [2.05, 4.69) is 21.0 Å². The summed E-state index contributed by atoms with van der Waals surface area (Å²) in [4.78, 5) is 12.2. The van der Waals surface area contributed by atoms with Gasteiger partial charge in [0, 0.05) is 12.6 Å². The largest absolute Gasteiger partial charge is 0.417 e. The van der Waals surface area contributed by atoms with Crippen molar-refractivity contribution in [3.05, 3.63) is 51.3 Å². The fourth-order valence-electron chi connectivity index (χ4n) is 2.09. The summed E-state index contributed by atoms with van der Waals surface area (Å²) in [7, 11) is 1.65. The Morgan fingerprint density at radius 2 is 1.95 bits per heavy atom. The van der Waals surface area contributed by atoms with E-state index in [0.29, 0.717) is 15.9 Å². The molecule has 0 saturated heterocycles. The minimum absolute atomic E-state index is 0.148. The molecular formula is C14H12BrF3N2O. The molecule has 3 nitrogen and oxygen atoms in total. The van der Waals surface area contributed by atoms with Gasteiger partial charge in [-0.2, -0.15) is 18.3 Å². The number of aryl methyl sites for hydroxylation is 2. The molecule has 2 rings (SSSR count). The first-order chi connectivity index (χ1) is 9.71. The van der Waals surface area contributed by atoms with Crippen molar-refractivity contribution in [1.29, 1.82) is 0 Å². The predicted molar refractivity (Wildman–Crippen MR) is 75.1 cm³/mol. The van der Waals surface area contributed by atoms with E-state index in [1.165, 1.54) is 22.9 Å². The van der Waals surface area contributed by atoms with Gasteiger partial charge >= 0.3 is 6.18 Å². The molecule has 2 aromatic rings. The molecule has 1 heterocycles. The molecule has 0 radical (unpaired) electrons. The Labute approximate surface area is 127 Å². The molecule has 0 spiro atoms. The van der Waals surface area contributed by atoms with Crippen LogP contribution in [0.5, 0.6) is 0 Å². The maximum absolute atomic E-state index is 12.9. The van der Waals surface area contributed by atoms with Gasteiger partial charge in [0.2, 0.25) is 0 Å². The minimum atomic E-state index is -4.55. The average Bonchev–Trinajstić information content (AvgIpc) is 2.64. The fourth-order valence-corrected chi connectivity index (χ4v) is 2.57. The van der Waals surface area contributed by atoms with Gasteiger partial charge in [-0.25, -0.2) is 0 Å². The second kappa shape index (κ2) is 5.63. The van der Waals surface area contributed by atoms with Crippen LogP contribution >= 0.6 is 15.9 Å². The molecule has 0 atom stereocenters. The summed E-state index contributed by atoms with van der Waals surface area (Å²) in [6, 6.07) is 4.80. The van der Waals surface area contributed by atoms with Crippen molar-refractivity contribution in [2.24, 2.45) is 7.05 Å². The van der Waals surface area contributed by atoms with Crippen molar-refractivity contribution in [1.82, 2.24) is 9.78 Å². The van der Waals surface area contributed by atoms with Gasteiger partial charge < -0.3 is 0 Å². The van der Waals surface area contributed by atoms with Crippen LogP contribution in [0.3, 0.4) is 0 Å². The van der Waals surface area contributed by atoms with Crippen LogP contribution in [0.25, 0.3) is 0 Å². The molecule has 0 aliphatic heterocycles. The van der Waals surface area contributed by atoms with E-state index in [1.807, 2.05) is 0 Å². The number of alkyl halides is 3. The number of carbonyl (C=O) groups is 1. The molecule has 0 aliphatic rings. The number of Topliss-reactive ketones (excluding diaryl/α,β-unsaturated/α-hetero) is 1. The van der Waals surface area contributed by atoms with Gasteiger partial charge in [0.15, 0.2) is 5.78 Å². The zero-order chi connectivity index (χ0) is 15.8. The summed E-state index contributed by atoms with van der Waals surface area (Å²) < 4.78 is 40.9. The van der Waals surface area contributed by atoms with Crippen molar-refractivity contribution in [2.45, 2.75) is 19.5 Å². The number of hydrogen-bond acceptors (Lipinski definition) is 2. The monoisotopic (exact) mass is 360 g/mol. The van der Waals surface area contributed by atoms with Gasteiger partial charge in [-0.3, -0.25) is 9.48 Å². The molecule has 21 heavy (non-hydrogen) atoms. The molecule has 0 unspecified atom stereocenters. The Bertz CT molecular complexity index is 692. The maximum Gasteiger partial charge on any atom is 0.417 e. The number of hydrogen-bond donors (Lipinski definition) is 0. The van der Waals surface area contributed by atoms with Crippen molar-refractivity contribution in [3.8, 4) is 0 Å². The van der Waals surface area contributed by atoms with Crippen LogP contribution in [-0.2, 0) is 19.6 Å². The summed E-state index contributed by atoms with van der Waals surface area (Å²) in [5.41, 5.74) is -0.000324. The lowest BCUT2D eigenvalue weighted by atomic mass is 10.00. The predicted octanol–water partition coefficient (Wildman–Crippen LogP) is 3.94. The standard InChI is InChI=1S/C14H12BrF3N2O/c1-8-13(15)11(20(2)19-8)7-12(21)9-5-3-4-6-10(9)14(16,17)18/h3-6H,7H2,1-2H3. The molecule has 0 bridgehead atoms. The van der Waals surface area contributed by atoms with Gasteiger partial charge in [-0.15, -0.1) is 0 Å². The summed E-state index contributed by atoms with van der Waals surface area (Å²) in [5, 5.41) is 4.12. The zero-order valence-electron chi connectivity index (χ0n) is 11.3. The first kappa shape index (κ1) is 15.8. The van der Waals surface area contributed by atoms with Crippen LogP contribution in [0, 0.1) is 6.92 Å². The van der Waals surface area contributed by atoms with Crippen molar-refractivity contribution in [2.75, 3.05) is 0 Å². The molecule has 0 fully saturated rings. The van der Waals surface area contributed by atoms with Crippen molar-refractivity contribution in [3.63, 3.8) is 0 Å². The number of halogens is 4. The molecule has 0 N–H and O–H groups in total. The van der Waals surface area contributed by atoms with E-state index in [-0.39, 0.29) is 12.0 Å². The number of rotatable bonds is 3. The number of benzene rings is 1. The third-order valence-electron chi connectivity index (χ3n) is 3.12. The maximum atomic E-state index is 12.9. The number of aromatic nitrogens is 2. The molecule has 0 saturated carbocycles. The van der Waals surface area contributed by atoms with Crippen LogP contribution in [0.4, 0.5) is 13.2 Å². The smallest absolute Gasteiger partial charge is 0.294 e. The average molecular weight is 361 g/mol. The van der Waals surface area contributed by atoms with Crippen molar-refractivity contribution < 1.29 is 18.0 Å². The highest BCUT2D eigenvalue weighted by atomic mass is 79.9. The molecule has 1 aromatic heterocycles.